The number of aryl methyl sites for hydroxylation is 1. The summed E-state index contributed by atoms with van der Waals surface area (Å²) in [5.74, 6) is 0.544. The molecule has 0 saturated carbocycles. The van der Waals surface area contributed by atoms with E-state index in [4.69, 9.17) is 5.10 Å². The number of halogens is 2. The fourth-order valence-electron chi connectivity index (χ4n) is 3.91. The van der Waals surface area contributed by atoms with Crippen LogP contribution in [0.3, 0.4) is 0 Å². The summed E-state index contributed by atoms with van der Waals surface area (Å²) in [6.45, 7) is 0.363. The van der Waals surface area contributed by atoms with Gasteiger partial charge in [-0.25, -0.2) is 19.5 Å². The Bertz CT molecular complexity index is 1340. The first-order valence-electron chi connectivity index (χ1n) is 10.7. The highest BCUT2D eigenvalue weighted by molar-refractivity contribution is 5.81. The monoisotopic (exact) mass is 465 g/mol. The molecular weight excluding hydrogens is 444 g/mol. The van der Waals surface area contributed by atoms with Crippen molar-refractivity contribution >= 4 is 17.5 Å². The molecule has 0 bridgehead atoms. The van der Waals surface area contributed by atoms with Gasteiger partial charge in [0.2, 0.25) is 11.9 Å². The van der Waals surface area contributed by atoms with Crippen LogP contribution in [0, 0.1) is 6.92 Å². The average molecular weight is 465 g/mol. The molecule has 0 spiro atoms. The minimum atomic E-state index is -2.91. The standard InChI is InChI=1S/C23H21F2N7O2/c1-14-18(10-15-4-2-3-5-19(15)34-22(24)25)32-20(29-14)7-6-17(30-32)16-11-27-23(28-12-16)31-9-8-26-21(33)13-31/h2-7,11-12,22H,8-10,13H2,1H3,(H,26,33). The van der Waals surface area contributed by atoms with Crippen LogP contribution in [-0.4, -0.2) is 56.7 Å². The van der Waals surface area contributed by atoms with Gasteiger partial charge in [-0.15, -0.1) is 0 Å². The molecule has 1 fully saturated rings. The quantitative estimate of drug-likeness (QED) is 0.468. The van der Waals surface area contributed by atoms with Gasteiger partial charge in [-0.05, 0) is 25.1 Å². The van der Waals surface area contributed by atoms with Crippen molar-refractivity contribution in [3.8, 4) is 17.0 Å². The summed E-state index contributed by atoms with van der Waals surface area (Å²) in [5, 5.41) is 7.49. The van der Waals surface area contributed by atoms with E-state index >= 15 is 0 Å². The first-order chi connectivity index (χ1) is 16.5. The van der Waals surface area contributed by atoms with Gasteiger partial charge in [-0.2, -0.15) is 13.9 Å². The van der Waals surface area contributed by atoms with Crippen molar-refractivity contribution in [3.63, 3.8) is 0 Å². The van der Waals surface area contributed by atoms with Crippen LogP contribution in [0.2, 0.25) is 0 Å². The van der Waals surface area contributed by atoms with Gasteiger partial charge in [0.1, 0.15) is 5.75 Å². The minimum Gasteiger partial charge on any atom is -0.435 e. The molecule has 34 heavy (non-hydrogen) atoms. The number of alkyl halides is 2. The van der Waals surface area contributed by atoms with Crippen LogP contribution in [0.25, 0.3) is 16.9 Å². The van der Waals surface area contributed by atoms with E-state index in [1.807, 2.05) is 24.0 Å². The summed E-state index contributed by atoms with van der Waals surface area (Å²) >= 11 is 0. The summed E-state index contributed by atoms with van der Waals surface area (Å²) in [5.41, 5.74) is 4.08. The summed E-state index contributed by atoms with van der Waals surface area (Å²) < 4.78 is 32.0. The number of para-hydroxylation sites is 1. The van der Waals surface area contributed by atoms with Crippen LogP contribution in [0.15, 0.2) is 48.8 Å². The van der Waals surface area contributed by atoms with E-state index in [-0.39, 0.29) is 18.2 Å². The molecule has 0 unspecified atom stereocenters. The SMILES string of the molecule is Cc1nc2ccc(-c3cnc(N4CCNC(=O)C4)nc3)nn2c1Cc1ccccc1OC(F)F. The third-order valence-electron chi connectivity index (χ3n) is 5.57. The molecule has 1 N–H and O–H groups in total. The topological polar surface area (TPSA) is 97.5 Å². The van der Waals surface area contributed by atoms with Crippen molar-refractivity contribution in [2.24, 2.45) is 0 Å². The Morgan fingerprint density at radius 1 is 1.15 bits per heavy atom. The van der Waals surface area contributed by atoms with E-state index in [1.54, 1.807) is 35.1 Å². The number of carbonyl (C=O) groups is 1. The molecule has 4 aromatic rings. The molecule has 0 radical (unpaired) electrons. The van der Waals surface area contributed by atoms with Crippen molar-refractivity contribution in [3.05, 3.63) is 65.7 Å². The second kappa shape index (κ2) is 9.00. The highest BCUT2D eigenvalue weighted by Crippen LogP contribution is 2.26. The second-order valence-corrected chi connectivity index (χ2v) is 7.84. The molecule has 4 heterocycles. The predicted octanol–water partition coefficient (Wildman–Crippen LogP) is 2.62. The Hall–Kier alpha value is -4.15. The number of piperazine rings is 1. The molecule has 1 aliphatic heterocycles. The van der Waals surface area contributed by atoms with E-state index in [1.165, 1.54) is 6.07 Å². The predicted molar refractivity (Wildman–Crippen MR) is 120 cm³/mol. The number of aromatic nitrogens is 5. The fraction of sp³-hybridized carbons (Fsp3) is 0.261. The number of rotatable bonds is 6. The lowest BCUT2D eigenvalue weighted by atomic mass is 10.1. The minimum absolute atomic E-state index is 0.0606. The van der Waals surface area contributed by atoms with Crippen molar-refractivity contribution in [1.82, 2.24) is 29.9 Å². The van der Waals surface area contributed by atoms with Crippen LogP contribution >= 0.6 is 0 Å². The van der Waals surface area contributed by atoms with E-state index in [0.29, 0.717) is 47.9 Å². The molecule has 1 aromatic carbocycles. The molecule has 5 rings (SSSR count). The lowest BCUT2D eigenvalue weighted by Gasteiger charge is -2.26. The maximum Gasteiger partial charge on any atom is 0.387 e. The summed E-state index contributed by atoms with van der Waals surface area (Å²) in [4.78, 5) is 26.8. The first kappa shape index (κ1) is 21.7. The molecule has 0 atom stereocenters. The van der Waals surface area contributed by atoms with Crippen LogP contribution in [-0.2, 0) is 11.2 Å². The van der Waals surface area contributed by atoms with Crippen LogP contribution in [0.4, 0.5) is 14.7 Å². The third-order valence-corrected chi connectivity index (χ3v) is 5.57. The maximum absolute atomic E-state index is 12.8. The number of hydrogen-bond acceptors (Lipinski definition) is 7. The number of nitrogens with zero attached hydrogens (tertiary/aromatic N) is 6. The smallest absolute Gasteiger partial charge is 0.387 e. The number of ether oxygens (including phenoxy) is 1. The Labute approximate surface area is 193 Å². The highest BCUT2D eigenvalue weighted by Gasteiger charge is 2.19. The Kier molecular flexibility index (Phi) is 5.74. The Morgan fingerprint density at radius 3 is 2.71 bits per heavy atom. The zero-order chi connectivity index (χ0) is 23.7. The number of amides is 1. The van der Waals surface area contributed by atoms with Gasteiger partial charge in [-0.3, -0.25) is 4.79 Å². The molecule has 1 amide bonds. The van der Waals surface area contributed by atoms with Crippen LogP contribution < -0.4 is 15.0 Å². The molecule has 1 aliphatic rings. The highest BCUT2D eigenvalue weighted by atomic mass is 19.3. The largest absolute Gasteiger partial charge is 0.435 e. The molecule has 174 valence electrons. The molecular formula is C23H21F2N7O2. The third kappa shape index (κ3) is 4.36. The van der Waals surface area contributed by atoms with Crippen LogP contribution in [0.1, 0.15) is 17.0 Å². The second-order valence-electron chi connectivity index (χ2n) is 7.84. The van der Waals surface area contributed by atoms with E-state index < -0.39 is 6.61 Å². The zero-order valence-electron chi connectivity index (χ0n) is 18.3. The van der Waals surface area contributed by atoms with Crippen molar-refractivity contribution in [1.29, 1.82) is 0 Å². The van der Waals surface area contributed by atoms with Crippen LogP contribution in [0.5, 0.6) is 5.75 Å². The lowest BCUT2D eigenvalue weighted by molar-refractivity contribution is -0.120. The maximum atomic E-state index is 12.8. The molecule has 0 aliphatic carbocycles. The fourth-order valence-corrected chi connectivity index (χ4v) is 3.91. The van der Waals surface area contributed by atoms with Gasteiger partial charge in [0.15, 0.2) is 5.65 Å². The van der Waals surface area contributed by atoms with Gasteiger partial charge >= 0.3 is 6.61 Å². The van der Waals surface area contributed by atoms with Crippen molar-refractivity contribution in [2.75, 3.05) is 24.5 Å². The number of carbonyl (C=O) groups excluding carboxylic acids is 1. The normalized spacial score (nSPS) is 14.0. The zero-order valence-corrected chi connectivity index (χ0v) is 18.3. The van der Waals surface area contributed by atoms with Gasteiger partial charge in [0.05, 0.1) is 23.6 Å². The van der Waals surface area contributed by atoms with E-state index in [9.17, 15) is 13.6 Å². The lowest BCUT2D eigenvalue weighted by Crippen LogP contribution is -2.48. The molecule has 9 nitrogen and oxygen atoms in total. The Morgan fingerprint density at radius 2 is 1.94 bits per heavy atom. The molecule has 1 saturated heterocycles. The molecule has 3 aromatic heterocycles. The van der Waals surface area contributed by atoms with E-state index in [0.717, 1.165) is 11.4 Å². The summed E-state index contributed by atoms with van der Waals surface area (Å²) in [7, 11) is 0. The van der Waals surface area contributed by atoms with Gasteiger partial charge in [-0.1, -0.05) is 18.2 Å². The first-order valence-corrected chi connectivity index (χ1v) is 10.7. The van der Waals surface area contributed by atoms with Crippen molar-refractivity contribution in [2.45, 2.75) is 20.0 Å². The number of imidazole rings is 1. The number of anilines is 1. The van der Waals surface area contributed by atoms with E-state index in [2.05, 4.69) is 25.0 Å². The number of fused-ring (bicyclic) bond motifs is 1. The Balaban J connectivity index is 1.45. The van der Waals surface area contributed by atoms with Gasteiger partial charge < -0.3 is 15.0 Å². The van der Waals surface area contributed by atoms with Crippen molar-refractivity contribution < 1.29 is 18.3 Å². The van der Waals surface area contributed by atoms with Gasteiger partial charge in [0.25, 0.3) is 0 Å². The average Bonchev–Trinajstić information content (AvgIpc) is 3.14. The summed E-state index contributed by atoms with van der Waals surface area (Å²) in [6.07, 6.45) is 3.65. The molecule has 11 heteroatoms. The number of nitrogens with one attached hydrogen (secondary N) is 1. The van der Waals surface area contributed by atoms with Gasteiger partial charge in [0, 0.05) is 43.0 Å². The summed E-state index contributed by atoms with van der Waals surface area (Å²) in [6, 6.07) is 10.3. The number of benzene rings is 1. The number of hydrogen-bond donors (Lipinski definition) is 1.